The molecule has 0 bridgehead atoms. The summed E-state index contributed by atoms with van der Waals surface area (Å²) in [6, 6.07) is 19.2. The summed E-state index contributed by atoms with van der Waals surface area (Å²) in [5.41, 5.74) is 4.71. The van der Waals surface area contributed by atoms with E-state index in [1.165, 1.54) is 47.3 Å². The molecule has 1 saturated carbocycles. The number of hydrogen-bond acceptors (Lipinski definition) is 3. The maximum atomic E-state index is 13.0. The highest BCUT2D eigenvalue weighted by Crippen LogP contribution is 2.37. The standard InChI is InChI=1S/C26H30N2OS/c1-18(2)21-15-9-10-16-22(21)24-23(17-19-11-5-3-6-12-19)28-26(30-24)25(29)27-20-13-7-4-8-14-20/h3,5-6,9-12,15-16,18,20H,4,7-8,13-14,17H2,1-2H3,(H,27,29). The SMILES string of the molecule is CC(C)c1ccccc1-c1sc(C(=O)NC2CCCCC2)nc1Cc1ccccc1. The average molecular weight is 419 g/mol. The van der Waals surface area contributed by atoms with Gasteiger partial charge in [-0.25, -0.2) is 4.98 Å². The molecule has 1 aromatic heterocycles. The predicted octanol–water partition coefficient (Wildman–Crippen LogP) is 6.59. The lowest BCUT2D eigenvalue weighted by Crippen LogP contribution is -2.36. The van der Waals surface area contributed by atoms with Gasteiger partial charge in [0.1, 0.15) is 0 Å². The third-order valence-electron chi connectivity index (χ3n) is 5.87. The fourth-order valence-electron chi connectivity index (χ4n) is 4.27. The van der Waals surface area contributed by atoms with Crippen LogP contribution in [0, 0.1) is 0 Å². The summed E-state index contributed by atoms with van der Waals surface area (Å²) in [7, 11) is 0. The Morgan fingerprint density at radius 3 is 2.47 bits per heavy atom. The maximum absolute atomic E-state index is 13.0. The van der Waals surface area contributed by atoms with E-state index in [0.717, 1.165) is 29.8 Å². The number of thiazole rings is 1. The van der Waals surface area contributed by atoms with Crippen molar-refractivity contribution in [3.8, 4) is 10.4 Å². The Morgan fingerprint density at radius 1 is 1.03 bits per heavy atom. The first kappa shape index (κ1) is 20.8. The summed E-state index contributed by atoms with van der Waals surface area (Å²) in [4.78, 5) is 19.0. The van der Waals surface area contributed by atoms with Gasteiger partial charge in [-0.2, -0.15) is 0 Å². The second kappa shape index (κ2) is 9.57. The normalized spacial score (nSPS) is 14.8. The highest BCUT2D eigenvalue weighted by Gasteiger charge is 2.23. The maximum Gasteiger partial charge on any atom is 0.280 e. The first-order chi connectivity index (χ1) is 14.6. The van der Waals surface area contributed by atoms with Crippen molar-refractivity contribution in [1.29, 1.82) is 0 Å². The molecular formula is C26H30N2OS. The van der Waals surface area contributed by atoms with Gasteiger partial charge in [-0.15, -0.1) is 11.3 Å². The number of carbonyl (C=O) groups excluding carboxylic acids is 1. The highest BCUT2D eigenvalue weighted by molar-refractivity contribution is 7.17. The van der Waals surface area contributed by atoms with Crippen molar-refractivity contribution in [3.05, 3.63) is 76.4 Å². The second-order valence-corrected chi connectivity index (χ2v) is 9.51. The Morgan fingerprint density at radius 2 is 1.73 bits per heavy atom. The molecule has 0 spiro atoms. The van der Waals surface area contributed by atoms with Crippen LogP contribution < -0.4 is 5.32 Å². The molecule has 3 nitrogen and oxygen atoms in total. The van der Waals surface area contributed by atoms with Crippen molar-refractivity contribution in [1.82, 2.24) is 10.3 Å². The van der Waals surface area contributed by atoms with Gasteiger partial charge in [-0.05, 0) is 35.4 Å². The minimum Gasteiger partial charge on any atom is -0.347 e. The summed E-state index contributed by atoms with van der Waals surface area (Å²) in [6.07, 6.45) is 6.58. The van der Waals surface area contributed by atoms with Crippen molar-refractivity contribution in [2.45, 2.75) is 64.3 Å². The van der Waals surface area contributed by atoms with E-state index in [0.29, 0.717) is 17.0 Å². The van der Waals surface area contributed by atoms with E-state index in [-0.39, 0.29) is 5.91 Å². The molecule has 4 rings (SSSR count). The Balaban J connectivity index is 1.69. The van der Waals surface area contributed by atoms with Crippen LogP contribution in [0.4, 0.5) is 0 Å². The molecule has 4 heteroatoms. The zero-order chi connectivity index (χ0) is 20.9. The fraction of sp³-hybridized carbons (Fsp3) is 0.385. The summed E-state index contributed by atoms with van der Waals surface area (Å²) < 4.78 is 0. The molecule has 3 aromatic rings. The van der Waals surface area contributed by atoms with Gasteiger partial charge in [0.2, 0.25) is 0 Å². The molecule has 0 aliphatic heterocycles. The molecule has 1 N–H and O–H groups in total. The molecule has 1 fully saturated rings. The van der Waals surface area contributed by atoms with Crippen molar-refractivity contribution >= 4 is 17.2 Å². The number of hydrogen-bond donors (Lipinski definition) is 1. The van der Waals surface area contributed by atoms with E-state index < -0.39 is 0 Å². The smallest absolute Gasteiger partial charge is 0.280 e. The van der Waals surface area contributed by atoms with E-state index >= 15 is 0 Å². The zero-order valence-corrected chi connectivity index (χ0v) is 18.7. The zero-order valence-electron chi connectivity index (χ0n) is 17.9. The lowest BCUT2D eigenvalue weighted by atomic mass is 9.95. The van der Waals surface area contributed by atoms with Gasteiger partial charge in [0.25, 0.3) is 5.91 Å². The van der Waals surface area contributed by atoms with Crippen LogP contribution in [0.25, 0.3) is 10.4 Å². The third-order valence-corrected chi connectivity index (χ3v) is 7.00. The molecule has 30 heavy (non-hydrogen) atoms. The van der Waals surface area contributed by atoms with E-state index in [1.807, 2.05) is 6.07 Å². The molecule has 1 amide bonds. The number of rotatable bonds is 6. The van der Waals surface area contributed by atoms with Crippen molar-refractivity contribution in [3.63, 3.8) is 0 Å². The summed E-state index contributed by atoms with van der Waals surface area (Å²) in [5, 5.41) is 3.82. The monoisotopic (exact) mass is 418 g/mol. The molecule has 0 unspecified atom stereocenters. The van der Waals surface area contributed by atoms with Crippen LogP contribution in [0.5, 0.6) is 0 Å². The highest BCUT2D eigenvalue weighted by atomic mass is 32.1. The topological polar surface area (TPSA) is 42.0 Å². The Hall–Kier alpha value is -2.46. The Labute approximate surface area is 183 Å². The van der Waals surface area contributed by atoms with Crippen molar-refractivity contribution in [2.75, 3.05) is 0 Å². The van der Waals surface area contributed by atoms with Crippen LogP contribution in [0.2, 0.25) is 0 Å². The van der Waals surface area contributed by atoms with Crippen molar-refractivity contribution < 1.29 is 4.79 Å². The van der Waals surface area contributed by atoms with Gasteiger partial charge in [0.05, 0.1) is 10.6 Å². The minimum atomic E-state index is -0.0190. The lowest BCUT2D eigenvalue weighted by molar-refractivity contribution is 0.0927. The second-order valence-electron chi connectivity index (χ2n) is 8.51. The van der Waals surface area contributed by atoms with Gasteiger partial charge >= 0.3 is 0 Å². The van der Waals surface area contributed by atoms with Crippen LogP contribution in [0.3, 0.4) is 0 Å². The van der Waals surface area contributed by atoms with Gasteiger partial charge in [-0.1, -0.05) is 87.7 Å². The quantitative estimate of drug-likeness (QED) is 0.491. The molecular weight excluding hydrogens is 388 g/mol. The number of aromatic nitrogens is 1. The van der Waals surface area contributed by atoms with Gasteiger partial charge in [0.15, 0.2) is 5.01 Å². The summed E-state index contributed by atoms with van der Waals surface area (Å²) in [5.74, 6) is 0.391. The third kappa shape index (κ3) is 4.81. The van der Waals surface area contributed by atoms with Gasteiger partial charge in [-0.3, -0.25) is 4.79 Å². The molecule has 0 saturated heterocycles. The first-order valence-corrected chi connectivity index (χ1v) is 11.9. The van der Waals surface area contributed by atoms with E-state index in [4.69, 9.17) is 4.98 Å². The summed E-state index contributed by atoms with van der Waals surface area (Å²) in [6.45, 7) is 4.43. The van der Waals surface area contributed by atoms with Gasteiger partial charge < -0.3 is 5.32 Å². The van der Waals surface area contributed by atoms with Gasteiger partial charge in [0, 0.05) is 12.5 Å². The molecule has 1 heterocycles. The fourth-order valence-corrected chi connectivity index (χ4v) is 5.30. The molecule has 2 aromatic carbocycles. The first-order valence-electron chi connectivity index (χ1n) is 11.1. The predicted molar refractivity (Wildman–Crippen MR) is 125 cm³/mol. The number of benzene rings is 2. The number of nitrogens with zero attached hydrogens (tertiary/aromatic N) is 1. The number of nitrogens with one attached hydrogen (secondary N) is 1. The molecule has 0 radical (unpaired) electrons. The molecule has 0 atom stereocenters. The van der Waals surface area contributed by atoms with Crippen LogP contribution >= 0.6 is 11.3 Å². The lowest BCUT2D eigenvalue weighted by Gasteiger charge is -2.22. The minimum absolute atomic E-state index is 0.0190. The van der Waals surface area contributed by atoms with Crippen LogP contribution in [0.15, 0.2) is 54.6 Å². The molecule has 156 valence electrons. The summed E-state index contributed by atoms with van der Waals surface area (Å²) >= 11 is 1.54. The molecule has 1 aliphatic carbocycles. The van der Waals surface area contributed by atoms with Crippen LogP contribution in [-0.4, -0.2) is 16.9 Å². The molecule has 1 aliphatic rings. The van der Waals surface area contributed by atoms with E-state index in [1.54, 1.807) is 0 Å². The van der Waals surface area contributed by atoms with E-state index in [9.17, 15) is 4.79 Å². The Bertz CT molecular complexity index is 987. The largest absolute Gasteiger partial charge is 0.347 e. The number of carbonyl (C=O) groups is 1. The van der Waals surface area contributed by atoms with Crippen LogP contribution in [0.1, 0.15) is 78.5 Å². The Kier molecular flexibility index (Phi) is 6.63. The van der Waals surface area contributed by atoms with E-state index in [2.05, 4.69) is 67.7 Å². The van der Waals surface area contributed by atoms with Crippen LogP contribution in [-0.2, 0) is 6.42 Å². The number of amides is 1. The van der Waals surface area contributed by atoms with Crippen molar-refractivity contribution in [2.24, 2.45) is 0 Å². The average Bonchev–Trinajstić information content (AvgIpc) is 3.19.